The zero-order chi connectivity index (χ0) is 33.1. The Hall–Kier alpha value is -4.17. The van der Waals surface area contributed by atoms with Crippen molar-refractivity contribution < 1.29 is 22.7 Å². The van der Waals surface area contributed by atoms with Gasteiger partial charge >= 0.3 is 0 Å². The zero-order valence-corrected chi connectivity index (χ0v) is 28.0. The molecule has 1 fully saturated rings. The first-order chi connectivity index (χ1) is 21.8. The lowest BCUT2D eigenvalue weighted by molar-refractivity contribution is 0.0383. The molecule has 12 nitrogen and oxygen atoms in total. The van der Waals surface area contributed by atoms with E-state index >= 15 is 0 Å². The van der Waals surface area contributed by atoms with E-state index in [1.54, 1.807) is 18.2 Å². The van der Waals surface area contributed by atoms with Crippen LogP contribution in [0.15, 0.2) is 54.9 Å². The fraction of sp³-hybridized carbons (Fsp3) is 0.394. The molecule has 0 unspecified atom stereocenters. The number of anilines is 3. The topological polar surface area (TPSA) is 137 Å². The number of morpholine rings is 1. The maximum absolute atomic E-state index is 13.6. The maximum atomic E-state index is 13.6. The summed E-state index contributed by atoms with van der Waals surface area (Å²) in [6.07, 6.45) is 5.74. The molecular formula is C33H43N7O5S. The quantitative estimate of drug-likeness (QED) is 0.255. The van der Waals surface area contributed by atoms with Crippen LogP contribution in [0.25, 0.3) is 5.70 Å². The number of aromatic nitrogens is 1. The number of nitrogens with zero attached hydrogens (tertiary/aromatic N) is 3. The first-order valence-electron chi connectivity index (χ1n) is 15.2. The third kappa shape index (κ3) is 8.15. The molecule has 1 amide bonds. The molecule has 1 saturated heterocycles. The molecule has 0 spiro atoms. The number of hydrogen-bond donors (Lipinski definition) is 4. The van der Waals surface area contributed by atoms with Crippen LogP contribution in [0.3, 0.4) is 0 Å². The number of nitrogens with one attached hydrogen (secondary N) is 4. The summed E-state index contributed by atoms with van der Waals surface area (Å²) in [6, 6.07) is 13.1. The fourth-order valence-electron chi connectivity index (χ4n) is 5.27. The Morgan fingerprint density at radius 2 is 1.83 bits per heavy atom. The monoisotopic (exact) mass is 649 g/mol. The summed E-state index contributed by atoms with van der Waals surface area (Å²) < 4.78 is 37.7. The summed E-state index contributed by atoms with van der Waals surface area (Å²) in [5.41, 5.74) is 12.4. The molecular weight excluding hydrogens is 606 g/mol. The molecule has 2 aliphatic heterocycles. The van der Waals surface area contributed by atoms with Gasteiger partial charge in [0, 0.05) is 55.3 Å². The van der Waals surface area contributed by atoms with Gasteiger partial charge in [0.25, 0.3) is 5.91 Å². The molecule has 4 N–H and O–H groups in total. The summed E-state index contributed by atoms with van der Waals surface area (Å²) in [5.74, 6) is -0.151. The Labute approximate surface area is 271 Å². The van der Waals surface area contributed by atoms with E-state index in [0.717, 1.165) is 79.3 Å². The molecule has 3 heterocycles. The summed E-state index contributed by atoms with van der Waals surface area (Å²) in [6.45, 7) is 12.4. The number of pyridine rings is 1. The lowest BCUT2D eigenvalue weighted by Gasteiger charge is -2.26. The van der Waals surface area contributed by atoms with E-state index in [2.05, 4.69) is 36.9 Å². The molecule has 46 heavy (non-hydrogen) atoms. The normalized spacial score (nSPS) is 15.7. The van der Waals surface area contributed by atoms with Gasteiger partial charge < -0.3 is 20.2 Å². The highest BCUT2D eigenvalue weighted by atomic mass is 32.2. The summed E-state index contributed by atoms with van der Waals surface area (Å²) in [4.78, 5) is 20.7. The van der Waals surface area contributed by atoms with Crippen molar-refractivity contribution in [1.29, 1.82) is 0 Å². The van der Waals surface area contributed by atoms with Crippen molar-refractivity contribution in [2.45, 2.75) is 39.5 Å². The van der Waals surface area contributed by atoms with Gasteiger partial charge in [0.05, 0.1) is 49.3 Å². The van der Waals surface area contributed by atoms with Gasteiger partial charge in [-0.05, 0) is 59.9 Å². The Bertz CT molecular complexity index is 1710. The molecule has 13 heteroatoms. The molecule has 246 valence electrons. The van der Waals surface area contributed by atoms with Gasteiger partial charge in [0.1, 0.15) is 0 Å². The van der Waals surface area contributed by atoms with Crippen LogP contribution in [0.1, 0.15) is 53.5 Å². The largest absolute Gasteiger partial charge is 0.492 e. The Balaban J connectivity index is 1.33. The van der Waals surface area contributed by atoms with Crippen molar-refractivity contribution in [1.82, 2.24) is 20.8 Å². The van der Waals surface area contributed by atoms with Crippen LogP contribution in [0.5, 0.6) is 5.75 Å². The number of ether oxygens (including phenoxy) is 2. The molecule has 0 aliphatic carbocycles. The van der Waals surface area contributed by atoms with Gasteiger partial charge in [-0.2, -0.15) is 0 Å². The number of hydrazine groups is 2. The molecule has 1 aromatic heterocycles. The SMILES string of the molecule is COc1c(NC(=O)c2ccc(C)c(N3C=C(c4ccc(CCN5CCOCC5)nc4)NN3)c2)cc(C(C)(C)C)cc1NS(C)(=O)=O. The van der Waals surface area contributed by atoms with Gasteiger partial charge in [-0.25, -0.2) is 8.42 Å². The molecule has 0 saturated carbocycles. The van der Waals surface area contributed by atoms with Crippen molar-refractivity contribution in [2.75, 3.05) is 61.3 Å². The van der Waals surface area contributed by atoms with Crippen molar-refractivity contribution >= 4 is 38.7 Å². The summed E-state index contributed by atoms with van der Waals surface area (Å²) in [7, 11) is -2.17. The van der Waals surface area contributed by atoms with Gasteiger partial charge in [0.2, 0.25) is 10.0 Å². The Morgan fingerprint density at radius 1 is 1.09 bits per heavy atom. The van der Waals surface area contributed by atoms with E-state index in [1.807, 2.05) is 63.3 Å². The van der Waals surface area contributed by atoms with Crippen LogP contribution >= 0.6 is 0 Å². The Morgan fingerprint density at radius 3 is 2.48 bits per heavy atom. The van der Waals surface area contributed by atoms with Gasteiger partial charge in [-0.3, -0.25) is 24.4 Å². The van der Waals surface area contributed by atoms with Crippen LogP contribution in [0, 0.1) is 6.92 Å². The third-order valence-electron chi connectivity index (χ3n) is 7.93. The summed E-state index contributed by atoms with van der Waals surface area (Å²) >= 11 is 0. The van der Waals surface area contributed by atoms with Gasteiger partial charge in [-0.1, -0.05) is 26.8 Å². The molecule has 0 bridgehead atoms. The van der Waals surface area contributed by atoms with Gasteiger partial charge in [-0.15, -0.1) is 5.53 Å². The zero-order valence-electron chi connectivity index (χ0n) is 27.2. The highest BCUT2D eigenvalue weighted by molar-refractivity contribution is 7.92. The number of methoxy groups -OCH3 is 1. The fourth-order valence-corrected chi connectivity index (χ4v) is 5.83. The van der Waals surface area contributed by atoms with E-state index in [9.17, 15) is 13.2 Å². The summed E-state index contributed by atoms with van der Waals surface area (Å²) in [5, 5.41) is 4.76. The van der Waals surface area contributed by atoms with Crippen LogP contribution in [0.4, 0.5) is 17.1 Å². The smallest absolute Gasteiger partial charge is 0.255 e. The van der Waals surface area contributed by atoms with Crippen LogP contribution < -0.4 is 30.7 Å². The number of carbonyl (C=O) groups is 1. The minimum Gasteiger partial charge on any atom is -0.492 e. The molecule has 5 rings (SSSR count). The minimum atomic E-state index is -3.60. The maximum Gasteiger partial charge on any atom is 0.255 e. The van der Waals surface area contributed by atoms with Crippen molar-refractivity contribution in [3.63, 3.8) is 0 Å². The molecule has 3 aromatic rings. The van der Waals surface area contributed by atoms with E-state index in [4.69, 9.17) is 9.47 Å². The molecule has 0 atom stereocenters. The second-order valence-corrected chi connectivity index (χ2v) is 14.3. The van der Waals surface area contributed by atoms with E-state index in [0.29, 0.717) is 11.3 Å². The van der Waals surface area contributed by atoms with Crippen molar-refractivity contribution in [2.24, 2.45) is 0 Å². The second-order valence-electron chi connectivity index (χ2n) is 12.6. The highest BCUT2D eigenvalue weighted by Crippen LogP contribution is 2.39. The lowest BCUT2D eigenvalue weighted by Crippen LogP contribution is -2.37. The predicted molar refractivity (Wildman–Crippen MR) is 181 cm³/mol. The van der Waals surface area contributed by atoms with E-state index < -0.39 is 10.0 Å². The van der Waals surface area contributed by atoms with Crippen molar-refractivity contribution in [3.8, 4) is 5.75 Å². The predicted octanol–water partition coefficient (Wildman–Crippen LogP) is 4.02. The molecule has 2 aliphatic rings. The lowest BCUT2D eigenvalue weighted by atomic mass is 9.86. The van der Waals surface area contributed by atoms with Gasteiger partial charge in [0.15, 0.2) is 5.75 Å². The van der Waals surface area contributed by atoms with Crippen LogP contribution in [0.2, 0.25) is 0 Å². The van der Waals surface area contributed by atoms with Crippen LogP contribution in [-0.2, 0) is 26.6 Å². The first-order valence-corrected chi connectivity index (χ1v) is 17.1. The average Bonchev–Trinajstić information content (AvgIpc) is 3.50. The first kappa shape index (κ1) is 33.2. The van der Waals surface area contributed by atoms with E-state index in [-0.39, 0.29) is 22.8 Å². The average molecular weight is 650 g/mol. The number of rotatable bonds is 10. The highest BCUT2D eigenvalue weighted by Gasteiger charge is 2.24. The van der Waals surface area contributed by atoms with Crippen molar-refractivity contribution in [3.05, 3.63) is 82.8 Å². The third-order valence-corrected chi connectivity index (χ3v) is 8.52. The number of carbonyl (C=O) groups excluding carboxylic acids is 1. The number of aryl methyl sites for hydroxylation is 1. The number of amides is 1. The minimum absolute atomic E-state index is 0.220. The molecule has 2 aromatic carbocycles. The standard InChI is InChI=1S/C33H43N7O5S/c1-22-7-8-23(32(41)35-27-18-25(33(2,3)4)19-28(31(27)44-5)37-46(6,42)43)17-30(22)40-21-29(36-38-40)24-9-10-26(34-20-24)11-12-39-13-15-45-16-14-39/h7-10,17-21,36-38H,11-16H2,1-6H3,(H,35,41). The Kier molecular flexibility index (Phi) is 9.87. The van der Waals surface area contributed by atoms with E-state index in [1.165, 1.54) is 7.11 Å². The number of sulfonamides is 1. The number of hydrogen-bond acceptors (Lipinski definition) is 10. The molecule has 0 radical (unpaired) electrons. The second kappa shape index (κ2) is 13.7. The van der Waals surface area contributed by atoms with Crippen LogP contribution in [-0.4, -0.2) is 70.4 Å². The number of benzene rings is 2.